The van der Waals surface area contributed by atoms with Crippen molar-refractivity contribution in [1.29, 1.82) is 0 Å². The maximum absolute atomic E-state index is 5.37. The topological polar surface area (TPSA) is 25.2 Å². The van der Waals surface area contributed by atoms with Crippen LogP contribution in [-0.4, -0.2) is 6.26 Å². The standard InChI is InChI=1S/C14H16BrNOS/c1-10(11-3-5-12(18-2)6-4-11)16-9-14-13(15)7-8-17-14/h3-8,10,16H,9H2,1-2H3. The summed E-state index contributed by atoms with van der Waals surface area (Å²) in [6.45, 7) is 2.88. The third-order valence-electron chi connectivity index (χ3n) is 2.88. The summed E-state index contributed by atoms with van der Waals surface area (Å²) in [5.41, 5.74) is 1.29. The lowest BCUT2D eigenvalue weighted by molar-refractivity contribution is 0.458. The van der Waals surface area contributed by atoms with Gasteiger partial charge >= 0.3 is 0 Å². The van der Waals surface area contributed by atoms with Crippen LogP contribution in [0.1, 0.15) is 24.3 Å². The molecule has 1 unspecified atom stereocenters. The summed E-state index contributed by atoms with van der Waals surface area (Å²) in [5.74, 6) is 0.933. The average molecular weight is 326 g/mol. The molecule has 0 bridgehead atoms. The van der Waals surface area contributed by atoms with Gasteiger partial charge in [0.2, 0.25) is 0 Å². The molecule has 0 radical (unpaired) electrons. The second-order valence-corrected chi connectivity index (χ2v) is 5.80. The van der Waals surface area contributed by atoms with Crippen LogP contribution in [0.4, 0.5) is 0 Å². The van der Waals surface area contributed by atoms with E-state index in [1.807, 2.05) is 6.07 Å². The van der Waals surface area contributed by atoms with Crippen LogP contribution >= 0.6 is 27.7 Å². The normalized spacial score (nSPS) is 12.6. The molecule has 0 aliphatic rings. The van der Waals surface area contributed by atoms with Gasteiger partial charge in [0.1, 0.15) is 5.76 Å². The number of hydrogen-bond acceptors (Lipinski definition) is 3. The van der Waals surface area contributed by atoms with Crippen LogP contribution in [0.5, 0.6) is 0 Å². The number of halogens is 1. The lowest BCUT2D eigenvalue weighted by Crippen LogP contribution is -2.17. The second-order valence-electron chi connectivity index (χ2n) is 4.07. The summed E-state index contributed by atoms with van der Waals surface area (Å²) in [6.07, 6.45) is 3.78. The van der Waals surface area contributed by atoms with E-state index in [-0.39, 0.29) is 0 Å². The molecule has 0 amide bonds. The van der Waals surface area contributed by atoms with E-state index in [0.717, 1.165) is 16.8 Å². The Morgan fingerprint density at radius 1 is 1.28 bits per heavy atom. The monoisotopic (exact) mass is 325 g/mol. The van der Waals surface area contributed by atoms with Crippen molar-refractivity contribution in [2.24, 2.45) is 0 Å². The maximum Gasteiger partial charge on any atom is 0.131 e. The Hall–Kier alpha value is -0.710. The van der Waals surface area contributed by atoms with Crippen LogP contribution in [0.15, 0.2) is 50.4 Å². The molecule has 0 aliphatic carbocycles. The van der Waals surface area contributed by atoms with Gasteiger partial charge in [0.05, 0.1) is 17.3 Å². The minimum absolute atomic E-state index is 0.304. The molecule has 1 aromatic carbocycles. The lowest BCUT2D eigenvalue weighted by Gasteiger charge is -2.13. The molecule has 96 valence electrons. The van der Waals surface area contributed by atoms with Gasteiger partial charge < -0.3 is 9.73 Å². The number of hydrogen-bond donors (Lipinski definition) is 1. The summed E-state index contributed by atoms with van der Waals surface area (Å²) in [4.78, 5) is 1.29. The molecule has 1 heterocycles. The first-order chi connectivity index (χ1) is 8.70. The second kappa shape index (κ2) is 6.45. The van der Waals surface area contributed by atoms with Gasteiger partial charge in [-0.3, -0.25) is 0 Å². The predicted octanol–water partition coefficient (Wildman–Crippen LogP) is 4.61. The highest BCUT2D eigenvalue weighted by Gasteiger charge is 2.08. The van der Waals surface area contributed by atoms with Gasteiger partial charge in [0.15, 0.2) is 0 Å². The molecule has 2 aromatic rings. The molecule has 2 nitrogen and oxygen atoms in total. The fraction of sp³-hybridized carbons (Fsp3) is 0.286. The lowest BCUT2D eigenvalue weighted by atomic mass is 10.1. The first kappa shape index (κ1) is 13.7. The molecular formula is C14H16BrNOS. The predicted molar refractivity (Wildman–Crippen MR) is 79.9 cm³/mol. The third-order valence-corrected chi connectivity index (χ3v) is 4.33. The first-order valence-corrected chi connectivity index (χ1v) is 7.81. The fourth-order valence-corrected chi connectivity index (χ4v) is 2.46. The van der Waals surface area contributed by atoms with Gasteiger partial charge in [0, 0.05) is 10.9 Å². The largest absolute Gasteiger partial charge is 0.467 e. The van der Waals surface area contributed by atoms with Crippen LogP contribution in [-0.2, 0) is 6.54 Å². The highest BCUT2D eigenvalue weighted by atomic mass is 79.9. The molecule has 1 N–H and O–H groups in total. The highest BCUT2D eigenvalue weighted by Crippen LogP contribution is 2.21. The van der Waals surface area contributed by atoms with E-state index < -0.39 is 0 Å². The van der Waals surface area contributed by atoms with Crippen molar-refractivity contribution in [1.82, 2.24) is 5.32 Å². The van der Waals surface area contributed by atoms with Crippen molar-refractivity contribution in [2.45, 2.75) is 24.4 Å². The smallest absolute Gasteiger partial charge is 0.131 e. The van der Waals surface area contributed by atoms with Crippen molar-refractivity contribution in [3.05, 3.63) is 52.4 Å². The maximum atomic E-state index is 5.37. The Kier molecular flexibility index (Phi) is 4.92. The Morgan fingerprint density at radius 3 is 2.56 bits per heavy atom. The molecule has 4 heteroatoms. The van der Waals surface area contributed by atoms with E-state index in [1.54, 1.807) is 18.0 Å². The zero-order chi connectivity index (χ0) is 13.0. The number of nitrogens with one attached hydrogen (secondary N) is 1. The summed E-state index contributed by atoms with van der Waals surface area (Å²) < 4.78 is 6.39. The van der Waals surface area contributed by atoms with Crippen LogP contribution in [0.25, 0.3) is 0 Å². The summed E-state index contributed by atoms with van der Waals surface area (Å²) >= 11 is 5.22. The first-order valence-electron chi connectivity index (χ1n) is 5.80. The quantitative estimate of drug-likeness (QED) is 0.812. The summed E-state index contributed by atoms with van der Waals surface area (Å²) in [6, 6.07) is 10.9. The molecule has 0 spiro atoms. The Morgan fingerprint density at radius 2 is 2.00 bits per heavy atom. The Balaban J connectivity index is 1.94. The Bertz CT molecular complexity index is 495. The van der Waals surface area contributed by atoms with E-state index in [0.29, 0.717) is 6.04 Å². The van der Waals surface area contributed by atoms with E-state index >= 15 is 0 Å². The number of furan rings is 1. The van der Waals surface area contributed by atoms with E-state index in [4.69, 9.17) is 4.42 Å². The zero-order valence-corrected chi connectivity index (χ0v) is 12.8. The van der Waals surface area contributed by atoms with Gasteiger partial charge in [-0.05, 0) is 52.9 Å². The average Bonchev–Trinajstić information content (AvgIpc) is 2.81. The summed E-state index contributed by atoms with van der Waals surface area (Å²) in [7, 11) is 0. The molecule has 0 fully saturated rings. The third kappa shape index (κ3) is 3.40. The van der Waals surface area contributed by atoms with Crippen LogP contribution in [0, 0.1) is 0 Å². The Labute approximate surface area is 120 Å². The van der Waals surface area contributed by atoms with Crippen LogP contribution < -0.4 is 5.32 Å². The molecule has 0 aliphatic heterocycles. The van der Waals surface area contributed by atoms with Gasteiger partial charge in [-0.2, -0.15) is 0 Å². The minimum atomic E-state index is 0.304. The number of thioether (sulfide) groups is 1. The summed E-state index contributed by atoms with van der Waals surface area (Å²) in [5, 5.41) is 3.45. The molecule has 1 atom stereocenters. The zero-order valence-electron chi connectivity index (χ0n) is 10.4. The van der Waals surface area contributed by atoms with Crippen molar-refractivity contribution >= 4 is 27.7 Å². The number of rotatable bonds is 5. The van der Waals surface area contributed by atoms with Gasteiger partial charge in [0.25, 0.3) is 0 Å². The number of benzene rings is 1. The molecule has 0 saturated carbocycles. The van der Waals surface area contributed by atoms with Crippen molar-refractivity contribution < 1.29 is 4.42 Å². The van der Waals surface area contributed by atoms with Gasteiger partial charge in [-0.1, -0.05) is 12.1 Å². The van der Waals surface area contributed by atoms with E-state index in [9.17, 15) is 0 Å². The molecule has 18 heavy (non-hydrogen) atoms. The van der Waals surface area contributed by atoms with Crippen molar-refractivity contribution in [3.8, 4) is 0 Å². The molecular weight excluding hydrogens is 310 g/mol. The van der Waals surface area contributed by atoms with Crippen molar-refractivity contribution in [2.75, 3.05) is 6.26 Å². The van der Waals surface area contributed by atoms with Crippen LogP contribution in [0.2, 0.25) is 0 Å². The van der Waals surface area contributed by atoms with E-state index in [2.05, 4.69) is 58.7 Å². The van der Waals surface area contributed by atoms with Crippen molar-refractivity contribution in [3.63, 3.8) is 0 Å². The van der Waals surface area contributed by atoms with Gasteiger partial charge in [-0.25, -0.2) is 0 Å². The van der Waals surface area contributed by atoms with E-state index in [1.165, 1.54) is 10.5 Å². The van der Waals surface area contributed by atoms with Crippen LogP contribution in [0.3, 0.4) is 0 Å². The molecule has 0 saturated heterocycles. The molecule has 2 rings (SSSR count). The fourth-order valence-electron chi connectivity index (χ4n) is 1.71. The van der Waals surface area contributed by atoms with Gasteiger partial charge in [-0.15, -0.1) is 11.8 Å². The minimum Gasteiger partial charge on any atom is -0.467 e. The highest BCUT2D eigenvalue weighted by molar-refractivity contribution is 9.10. The SMILES string of the molecule is CSc1ccc(C(C)NCc2occc2Br)cc1. The molecule has 1 aromatic heterocycles.